The smallest absolute Gasteiger partial charge is 0.251 e. The first-order valence-corrected chi connectivity index (χ1v) is 9.81. The van der Waals surface area contributed by atoms with Gasteiger partial charge in [-0.15, -0.1) is 0 Å². The third kappa shape index (κ3) is 5.68. The number of nitrogens with one attached hydrogen (secondary N) is 2. The van der Waals surface area contributed by atoms with Crippen molar-refractivity contribution in [1.29, 1.82) is 0 Å². The second kappa shape index (κ2) is 10.1. The fourth-order valence-electron chi connectivity index (χ4n) is 2.33. The highest BCUT2D eigenvalue weighted by Crippen LogP contribution is 2.27. The predicted molar refractivity (Wildman–Crippen MR) is 107 cm³/mol. The van der Waals surface area contributed by atoms with Crippen LogP contribution in [-0.4, -0.2) is 37.0 Å². The summed E-state index contributed by atoms with van der Waals surface area (Å²) in [6, 6.07) is 13.1. The van der Waals surface area contributed by atoms with Crippen molar-refractivity contribution in [3.8, 4) is 5.75 Å². The van der Waals surface area contributed by atoms with Gasteiger partial charge in [-0.1, -0.05) is 29.8 Å². The number of rotatable bonds is 8. The van der Waals surface area contributed by atoms with Crippen molar-refractivity contribution in [1.82, 2.24) is 5.32 Å². The Hall–Kier alpha value is -2.18. The van der Waals surface area contributed by atoms with Crippen molar-refractivity contribution in [2.45, 2.75) is 12.5 Å². The van der Waals surface area contributed by atoms with Crippen molar-refractivity contribution >= 4 is 40.9 Å². The molecule has 2 aromatic carbocycles. The summed E-state index contributed by atoms with van der Waals surface area (Å²) < 4.78 is 5.25. The lowest BCUT2D eigenvalue weighted by Gasteiger charge is -2.19. The Labute approximate surface area is 162 Å². The van der Waals surface area contributed by atoms with Crippen LogP contribution in [0, 0.1) is 0 Å². The number of carbonyl (C=O) groups excluding carboxylic acids is 2. The van der Waals surface area contributed by atoms with Gasteiger partial charge < -0.3 is 15.4 Å². The summed E-state index contributed by atoms with van der Waals surface area (Å²) in [4.78, 5) is 25.1. The number of amides is 2. The zero-order valence-corrected chi connectivity index (χ0v) is 16.2. The zero-order chi connectivity index (χ0) is 18.9. The Balaban J connectivity index is 2.14. The molecule has 2 aromatic rings. The lowest BCUT2D eigenvalue weighted by atomic mass is 10.1. The third-order valence-corrected chi connectivity index (χ3v) is 4.57. The predicted octanol–water partition coefficient (Wildman–Crippen LogP) is 3.84. The van der Waals surface area contributed by atoms with Crippen molar-refractivity contribution < 1.29 is 14.3 Å². The first kappa shape index (κ1) is 20.1. The number of thioether (sulfide) groups is 1. The molecule has 0 radical (unpaired) electrons. The summed E-state index contributed by atoms with van der Waals surface area (Å²) >= 11 is 7.61. The summed E-state index contributed by atoms with van der Waals surface area (Å²) in [6.45, 7) is 0. The molecule has 2 rings (SSSR count). The number of hydrogen-bond donors (Lipinski definition) is 2. The third-order valence-electron chi connectivity index (χ3n) is 3.69. The summed E-state index contributed by atoms with van der Waals surface area (Å²) in [6.07, 6.45) is 2.46. The highest BCUT2D eigenvalue weighted by molar-refractivity contribution is 7.98. The molecule has 0 fully saturated rings. The topological polar surface area (TPSA) is 67.4 Å². The molecular weight excluding hydrogens is 372 g/mol. The molecule has 26 heavy (non-hydrogen) atoms. The molecule has 0 aliphatic rings. The summed E-state index contributed by atoms with van der Waals surface area (Å²) in [5.74, 6) is 0.634. The first-order chi connectivity index (χ1) is 12.5. The van der Waals surface area contributed by atoms with Crippen molar-refractivity contribution in [2.24, 2.45) is 0 Å². The highest BCUT2D eigenvalue weighted by atomic mass is 35.5. The molecule has 0 saturated heterocycles. The van der Waals surface area contributed by atoms with Crippen molar-refractivity contribution in [3.05, 3.63) is 59.1 Å². The molecule has 0 aliphatic carbocycles. The molecule has 0 aliphatic heterocycles. The average Bonchev–Trinajstić information content (AvgIpc) is 2.65. The van der Waals surface area contributed by atoms with Crippen LogP contribution in [0.4, 0.5) is 5.69 Å². The lowest BCUT2D eigenvalue weighted by molar-refractivity contribution is -0.118. The summed E-state index contributed by atoms with van der Waals surface area (Å²) in [5.41, 5.74) is 0.975. The molecular formula is C19H21ClN2O3S. The van der Waals surface area contributed by atoms with Crippen molar-refractivity contribution in [3.63, 3.8) is 0 Å². The van der Waals surface area contributed by atoms with E-state index in [1.54, 1.807) is 54.2 Å². The Bertz CT molecular complexity index is 756. The standard InChI is InChI=1S/C19H21ClN2O3S/c1-25-17-9-8-14(20)12-16(17)22-19(24)15(10-11-26-2)21-18(23)13-6-4-3-5-7-13/h3-9,12,15H,10-11H2,1-2H3,(H,21,23)(H,22,24)/t15-/m0/s1. The van der Waals surface area contributed by atoms with Crippen LogP contribution >= 0.6 is 23.4 Å². The van der Waals surface area contributed by atoms with Crippen LogP contribution in [0.25, 0.3) is 0 Å². The van der Waals surface area contributed by atoms with Gasteiger partial charge in [0.25, 0.3) is 5.91 Å². The molecule has 0 saturated carbocycles. The Morgan fingerprint density at radius 2 is 1.92 bits per heavy atom. The Morgan fingerprint density at radius 3 is 2.58 bits per heavy atom. The zero-order valence-electron chi connectivity index (χ0n) is 14.6. The molecule has 0 bridgehead atoms. The number of ether oxygens (including phenoxy) is 1. The molecule has 5 nitrogen and oxygen atoms in total. The second-order valence-electron chi connectivity index (χ2n) is 5.51. The molecule has 2 amide bonds. The highest BCUT2D eigenvalue weighted by Gasteiger charge is 2.22. The SMILES string of the molecule is COc1ccc(Cl)cc1NC(=O)[C@H](CCSC)NC(=O)c1ccccc1. The number of halogens is 1. The minimum Gasteiger partial charge on any atom is -0.495 e. The van der Waals surface area contributed by atoms with Gasteiger partial charge in [-0.25, -0.2) is 0 Å². The van der Waals surface area contributed by atoms with Crippen LogP contribution in [0.15, 0.2) is 48.5 Å². The van der Waals surface area contributed by atoms with Gasteiger partial charge in [-0.05, 0) is 48.8 Å². The first-order valence-electron chi connectivity index (χ1n) is 8.04. The van der Waals surface area contributed by atoms with E-state index in [9.17, 15) is 9.59 Å². The minimum absolute atomic E-state index is 0.287. The van der Waals surface area contributed by atoms with Gasteiger partial charge in [0.2, 0.25) is 5.91 Å². The van der Waals surface area contributed by atoms with E-state index in [4.69, 9.17) is 16.3 Å². The largest absolute Gasteiger partial charge is 0.495 e. The van der Waals surface area contributed by atoms with Gasteiger partial charge in [0, 0.05) is 10.6 Å². The van der Waals surface area contributed by atoms with E-state index < -0.39 is 6.04 Å². The Kier molecular flexibility index (Phi) is 7.81. The van der Waals surface area contributed by atoms with Crippen LogP contribution in [0.1, 0.15) is 16.8 Å². The average molecular weight is 393 g/mol. The molecule has 0 unspecified atom stereocenters. The quantitative estimate of drug-likeness (QED) is 0.716. The monoisotopic (exact) mass is 392 g/mol. The molecule has 138 valence electrons. The van der Waals surface area contributed by atoms with E-state index >= 15 is 0 Å². The van der Waals surface area contributed by atoms with Crippen LogP contribution < -0.4 is 15.4 Å². The second-order valence-corrected chi connectivity index (χ2v) is 6.93. The molecule has 1 atom stereocenters. The van der Waals surface area contributed by atoms with Crippen LogP contribution in [0.5, 0.6) is 5.75 Å². The molecule has 2 N–H and O–H groups in total. The van der Waals surface area contributed by atoms with Crippen LogP contribution in [0.2, 0.25) is 5.02 Å². The minimum atomic E-state index is -0.668. The van der Waals surface area contributed by atoms with E-state index in [1.807, 2.05) is 12.3 Å². The van der Waals surface area contributed by atoms with Gasteiger partial charge in [-0.3, -0.25) is 9.59 Å². The maximum Gasteiger partial charge on any atom is 0.251 e. The number of carbonyl (C=O) groups is 2. The van der Waals surface area contributed by atoms with E-state index in [0.717, 1.165) is 5.75 Å². The van der Waals surface area contributed by atoms with Crippen LogP contribution in [0.3, 0.4) is 0 Å². The maximum absolute atomic E-state index is 12.7. The molecule has 0 heterocycles. The van der Waals surface area contributed by atoms with Gasteiger partial charge in [-0.2, -0.15) is 11.8 Å². The van der Waals surface area contributed by atoms with E-state index in [0.29, 0.717) is 28.4 Å². The normalized spacial score (nSPS) is 11.5. The van der Waals surface area contributed by atoms with Gasteiger partial charge in [0.15, 0.2) is 0 Å². The van der Waals surface area contributed by atoms with Crippen LogP contribution in [-0.2, 0) is 4.79 Å². The van der Waals surface area contributed by atoms with E-state index in [-0.39, 0.29) is 11.8 Å². The number of benzene rings is 2. The van der Waals surface area contributed by atoms with E-state index in [2.05, 4.69) is 10.6 Å². The van der Waals surface area contributed by atoms with Crippen molar-refractivity contribution in [2.75, 3.05) is 24.4 Å². The maximum atomic E-state index is 12.7. The fraction of sp³-hybridized carbons (Fsp3) is 0.263. The molecule has 0 aromatic heterocycles. The number of methoxy groups -OCH3 is 1. The van der Waals surface area contributed by atoms with E-state index in [1.165, 1.54) is 7.11 Å². The lowest BCUT2D eigenvalue weighted by Crippen LogP contribution is -2.44. The Morgan fingerprint density at radius 1 is 1.19 bits per heavy atom. The molecule has 0 spiro atoms. The van der Waals surface area contributed by atoms with Gasteiger partial charge in [0.05, 0.1) is 12.8 Å². The molecule has 7 heteroatoms. The fourth-order valence-corrected chi connectivity index (χ4v) is 2.98. The summed E-state index contributed by atoms with van der Waals surface area (Å²) in [7, 11) is 1.52. The van der Waals surface area contributed by atoms with Gasteiger partial charge in [0.1, 0.15) is 11.8 Å². The summed E-state index contributed by atoms with van der Waals surface area (Å²) in [5, 5.41) is 6.08. The van der Waals surface area contributed by atoms with Gasteiger partial charge >= 0.3 is 0 Å². The number of anilines is 1. The number of hydrogen-bond acceptors (Lipinski definition) is 4.